The molecule has 0 saturated carbocycles. The summed E-state index contributed by atoms with van der Waals surface area (Å²) in [5, 5.41) is 11.5. The van der Waals surface area contributed by atoms with Crippen LogP contribution < -0.4 is 0 Å². The van der Waals surface area contributed by atoms with E-state index in [2.05, 4.69) is 17.1 Å². The van der Waals surface area contributed by atoms with Crippen molar-refractivity contribution in [2.45, 2.75) is 6.42 Å². The van der Waals surface area contributed by atoms with E-state index in [0.29, 0.717) is 6.42 Å². The number of fused-ring (bicyclic) bond motifs is 3. The van der Waals surface area contributed by atoms with E-state index in [1.807, 2.05) is 28.9 Å². The first-order valence-electron chi connectivity index (χ1n) is 5.33. The van der Waals surface area contributed by atoms with Crippen LogP contribution in [0.3, 0.4) is 0 Å². The topological polar surface area (TPSA) is 37.5 Å². The summed E-state index contributed by atoms with van der Waals surface area (Å²) in [5.41, 5.74) is 2.26. The molecule has 3 heteroatoms. The van der Waals surface area contributed by atoms with Gasteiger partial charge in [0.15, 0.2) is 0 Å². The van der Waals surface area contributed by atoms with Gasteiger partial charge in [0.1, 0.15) is 0 Å². The number of pyridine rings is 1. The van der Waals surface area contributed by atoms with E-state index >= 15 is 0 Å². The number of aromatic nitrogens is 2. The minimum Gasteiger partial charge on any atom is -0.396 e. The predicted octanol–water partition coefficient (Wildman–Crippen LogP) is 2.02. The Bertz CT molecular complexity index is 643. The highest BCUT2D eigenvalue weighted by Gasteiger charge is 2.05. The van der Waals surface area contributed by atoms with Crippen LogP contribution in [0.2, 0.25) is 0 Å². The molecule has 1 aromatic carbocycles. The number of aliphatic hydroxyl groups is 1. The van der Waals surface area contributed by atoms with Gasteiger partial charge < -0.3 is 9.51 Å². The van der Waals surface area contributed by atoms with Crippen molar-refractivity contribution in [2.75, 3.05) is 6.61 Å². The molecule has 0 bridgehead atoms. The van der Waals surface area contributed by atoms with Crippen molar-refractivity contribution in [1.29, 1.82) is 0 Å². The summed E-state index contributed by atoms with van der Waals surface area (Å²) >= 11 is 0. The van der Waals surface area contributed by atoms with Crippen molar-refractivity contribution in [1.82, 2.24) is 9.38 Å². The first kappa shape index (κ1) is 9.36. The fraction of sp³-hybridized carbons (Fsp3) is 0.154. The Morgan fingerprint density at radius 2 is 2.00 bits per heavy atom. The number of hydrogen-bond acceptors (Lipinski definition) is 2. The van der Waals surface area contributed by atoms with Crippen LogP contribution >= 0.6 is 0 Å². The zero-order valence-electron chi connectivity index (χ0n) is 8.80. The third-order valence-corrected chi connectivity index (χ3v) is 2.89. The van der Waals surface area contributed by atoms with Gasteiger partial charge in [-0.1, -0.05) is 24.3 Å². The molecule has 2 heterocycles. The van der Waals surface area contributed by atoms with Gasteiger partial charge >= 0.3 is 0 Å². The fourth-order valence-electron chi connectivity index (χ4n) is 2.16. The van der Waals surface area contributed by atoms with E-state index in [-0.39, 0.29) is 6.61 Å². The van der Waals surface area contributed by atoms with Gasteiger partial charge in [0, 0.05) is 18.2 Å². The van der Waals surface area contributed by atoms with Crippen molar-refractivity contribution in [2.24, 2.45) is 0 Å². The molecule has 2 aromatic heterocycles. The monoisotopic (exact) mass is 212 g/mol. The summed E-state index contributed by atoms with van der Waals surface area (Å²) in [6.07, 6.45) is 6.38. The first-order chi connectivity index (χ1) is 7.90. The van der Waals surface area contributed by atoms with Gasteiger partial charge in [-0.2, -0.15) is 0 Å². The minimum atomic E-state index is 0.171. The van der Waals surface area contributed by atoms with E-state index in [9.17, 15) is 0 Å². The molecule has 0 spiro atoms. The van der Waals surface area contributed by atoms with Crippen LogP contribution in [0.5, 0.6) is 0 Å². The zero-order chi connectivity index (χ0) is 11.0. The average molecular weight is 212 g/mol. The van der Waals surface area contributed by atoms with Gasteiger partial charge in [-0.3, -0.25) is 0 Å². The molecule has 80 valence electrons. The van der Waals surface area contributed by atoms with Gasteiger partial charge in [0.05, 0.1) is 18.0 Å². The maximum absolute atomic E-state index is 9.08. The molecule has 0 unspecified atom stereocenters. The number of hydrogen-bond donors (Lipinski definition) is 1. The number of nitrogens with zero attached hydrogens (tertiary/aromatic N) is 2. The third kappa shape index (κ3) is 1.29. The van der Waals surface area contributed by atoms with Gasteiger partial charge in [-0.05, 0) is 17.4 Å². The first-order valence-corrected chi connectivity index (χ1v) is 5.33. The highest BCUT2D eigenvalue weighted by Crippen LogP contribution is 2.23. The molecule has 3 rings (SSSR count). The molecule has 3 aromatic rings. The molecule has 0 aliphatic heterocycles. The van der Waals surface area contributed by atoms with Crippen molar-refractivity contribution in [3.05, 3.63) is 48.5 Å². The van der Waals surface area contributed by atoms with E-state index < -0.39 is 0 Å². The molecular formula is C13H12N2O. The Kier molecular flexibility index (Phi) is 2.11. The van der Waals surface area contributed by atoms with Crippen LogP contribution in [-0.4, -0.2) is 21.1 Å². The Morgan fingerprint density at radius 1 is 1.19 bits per heavy atom. The highest BCUT2D eigenvalue weighted by atomic mass is 16.2. The molecule has 0 saturated heterocycles. The van der Waals surface area contributed by atoms with Gasteiger partial charge in [-0.25, -0.2) is 4.98 Å². The normalized spacial score (nSPS) is 11.3. The van der Waals surface area contributed by atoms with Crippen LogP contribution in [0.25, 0.3) is 16.3 Å². The molecule has 16 heavy (non-hydrogen) atoms. The molecule has 0 atom stereocenters. The van der Waals surface area contributed by atoms with Crippen LogP contribution in [-0.2, 0) is 6.42 Å². The molecule has 3 nitrogen and oxygen atoms in total. The Morgan fingerprint density at radius 3 is 2.81 bits per heavy atom. The summed E-state index contributed by atoms with van der Waals surface area (Å²) < 4.78 is 2.01. The van der Waals surface area contributed by atoms with E-state index in [4.69, 9.17) is 5.11 Å². The lowest BCUT2D eigenvalue weighted by Crippen LogP contribution is -1.96. The Labute approximate surface area is 93.0 Å². The van der Waals surface area contributed by atoms with E-state index in [0.717, 1.165) is 11.1 Å². The lowest BCUT2D eigenvalue weighted by Gasteiger charge is -2.07. The summed E-state index contributed by atoms with van der Waals surface area (Å²) in [4.78, 5) is 4.15. The summed E-state index contributed by atoms with van der Waals surface area (Å²) in [6.45, 7) is 0.171. The summed E-state index contributed by atoms with van der Waals surface area (Å²) in [7, 11) is 0. The maximum atomic E-state index is 9.08. The molecule has 1 N–H and O–H groups in total. The predicted molar refractivity (Wildman–Crippen MR) is 63.5 cm³/mol. The SMILES string of the molecule is OCCc1cn2cncc2c2ccccc12. The standard InChI is InChI=1S/C13H12N2O/c16-6-5-10-8-15-9-14-7-13(15)12-4-2-1-3-11(10)12/h1-4,7-9,16H,5-6H2. The number of aliphatic hydroxyl groups excluding tert-OH is 1. The Hall–Kier alpha value is -1.87. The number of benzene rings is 1. The second kappa shape index (κ2) is 3.61. The Balaban J connectivity index is 2.45. The van der Waals surface area contributed by atoms with E-state index in [1.165, 1.54) is 10.8 Å². The smallest absolute Gasteiger partial charge is 0.0992 e. The molecule has 0 fully saturated rings. The average Bonchev–Trinajstić information content (AvgIpc) is 2.78. The maximum Gasteiger partial charge on any atom is 0.0992 e. The van der Waals surface area contributed by atoms with Gasteiger partial charge in [-0.15, -0.1) is 0 Å². The molecule has 0 radical (unpaired) electrons. The zero-order valence-corrected chi connectivity index (χ0v) is 8.80. The second-order valence-corrected chi connectivity index (χ2v) is 3.86. The van der Waals surface area contributed by atoms with Crippen molar-refractivity contribution < 1.29 is 5.11 Å². The fourth-order valence-corrected chi connectivity index (χ4v) is 2.16. The largest absolute Gasteiger partial charge is 0.396 e. The molecule has 0 aliphatic carbocycles. The number of rotatable bonds is 2. The van der Waals surface area contributed by atoms with Crippen LogP contribution in [0, 0.1) is 0 Å². The summed E-state index contributed by atoms with van der Waals surface area (Å²) in [6, 6.07) is 8.23. The minimum absolute atomic E-state index is 0.171. The van der Waals surface area contributed by atoms with Gasteiger partial charge in [0.25, 0.3) is 0 Å². The lowest BCUT2D eigenvalue weighted by molar-refractivity contribution is 0.300. The lowest BCUT2D eigenvalue weighted by atomic mass is 10.0. The van der Waals surface area contributed by atoms with E-state index in [1.54, 1.807) is 6.33 Å². The van der Waals surface area contributed by atoms with Crippen molar-refractivity contribution in [3.8, 4) is 0 Å². The van der Waals surface area contributed by atoms with Crippen LogP contribution in [0.15, 0.2) is 43.0 Å². The molecular weight excluding hydrogens is 200 g/mol. The van der Waals surface area contributed by atoms with Gasteiger partial charge in [0.2, 0.25) is 0 Å². The summed E-state index contributed by atoms with van der Waals surface area (Å²) in [5.74, 6) is 0. The van der Waals surface area contributed by atoms with Crippen molar-refractivity contribution in [3.63, 3.8) is 0 Å². The second-order valence-electron chi connectivity index (χ2n) is 3.86. The highest BCUT2D eigenvalue weighted by molar-refractivity contribution is 5.97. The van der Waals surface area contributed by atoms with Crippen LogP contribution in [0.4, 0.5) is 0 Å². The van der Waals surface area contributed by atoms with Crippen LogP contribution in [0.1, 0.15) is 5.56 Å². The molecule has 0 amide bonds. The molecule has 0 aliphatic rings. The quantitative estimate of drug-likeness (QED) is 0.705. The van der Waals surface area contributed by atoms with Crippen molar-refractivity contribution >= 4 is 16.3 Å². The number of imidazole rings is 1. The third-order valence-electron chi connectivity index (χ3n) is 2.89.